The highest BCUT2D eigenvalue weighted by Gasteiger charge is 2.69. The van der Waals surface area contributed by atoms with Gasteiger partial charge in [-0.3, -0.25) is 0 Å². The quantitative estimate of drug-likeness (QED) is 0.141. The molecule has 0 spiro atoms. The van der Waals surface area contributed by atoms with E-state index in [4.69, 9.17) is 20.2 Å². The summed E-state index contributed by atoms with van der Waals surface area (Å²) >= 11 is 0. The third-order valence-electron chi connectivity index (χ3n) is 17.5. The van der Waals surface area contributed by atoms with E-state index in [1.54, 1.807) is 18.5 Å². The van der Waals surface area contributed by atoms with Crippen molar-refractivity contribution < 1.29 is 27.8 Å². The number of hydrogen-bond donors (Lipinski definition) is 2. The first-order valence-corrected chi connectivity index (χ1v) is 23.9. The maximum atomic E-state index is 17.9. The molecule has 1 unspecified atom stereocenters. The van der Waals surface area contributed by atoms with Gasteiger partial charge in [0.1, 0.15) is 23.3 Å². The lowest BCUT2D eigenvalue weighted by Crippen LogP contribution is -2.40. The highest BCUT2D eigenvalue weighted by atomic mass is 19.1. The summed E-state index contributed by atoms with van der Waals surface area (Å²) < 4.78 is 65.1. The van der Waals surface area contributed by atoms with Gasteiger partial charge < -0.3 is 20.0 Å². The summed E-state index contributed by atoms with van der Waals surface area (Å²) in [7, 11) is 0. The van der Waals surface area contributed by atoms with Crippen LogP contribution in [0.2, 0.25) is 0 Å². The third kappa shape index (κ3) is 5.79. The van der Waals surface area contributed by atoms with Crippen molar-refractivity contribution >= 4 is 11.9 Å². The molecule has 0 radical (unpaired) electrons. The minimum absolute atomic E-state index is 0.0131. The summed E-state index contributed by atoms with van der Waals surface area (Å²) in [6, 6.07) is 13.7. The number of rotatable bonds is 8. The predicted molar refractivity (Wildman–Crippen MR) is 245 cm³/mol. The number of halogens is 4. The summed E-state index contributed by atoms with van der Waals surface area (Å²) in [4.78, 5) is 23.7. The average molecular weight is 925 g/mol. The first-order valence-electron chi connectivity index (χ1n) is 23.9. The fourth-order valence-corrected chi connectivity index (χ4v) is 14.1. The van der Waals surface area contributed by atoms with Crippen molar-refractivity contribution in [2.24, 2.45) is 10.8 Å². The molecule has 350 valence electrons. The van der Waals surface area contributed by atoms with Crippen LogP contribution in [0.15, 0.2) is 67.0 Å². The van der Waals surface area contributed by atoms with Gasteiger partial charge in [0.25, 0.3) is 0 Å². The van der Waals surface area contributed by atoms with Crippen molar-refractivity contribution in [2.45, 2.75) is 113 Å². The standard InChI is InChI=1S/C52H52F4N10O2/c1-49(2)33-12-17-51(49,39-13-19-58-48(60-39)66-20-6-7-27(66)26-67)45-30(33)23-38(62-63-45)42-36(55)11-10-29(44(42)56)32-25-52(40-14-18-57-47(59-40)65-21-15-28(68)16-22-65)46-31(43(32)50(52,3)4)24-37(61-64-46)41-34(53)8-5-9-35(41)54/h5,8-11,13-14,18-19,23-24,27-28,32-33,43,67-68H,6-7,12,15-17,20-22,25-26H2,1-4H3/t27-,32?,33-,43+,51-,52-/m0/s1. The number of hydrogen-bond acceptors (Lipinski definition) is 12. The Hall–Kier alpha value is -6.00. The van der Waals surface area contributed by atoms with Crippen LogP contribution >= 0.6 is 0 Å². The van der Waals surface area contributed by atoms with E-state index in [1.165, 1.54) is 30.3 Å². The molecule has 16 heteroatoms. The van der Waals surface area contributed by atoms with E-state index in [1.807, 2.05) is 23.1 Å². The van der Waals surface area contributed by atoms with Gasteiger partial charge in [-0.1, -0.05) is 39.8 Å². The molecule has 2 aliphatic heterocycles. The van der Waals surface area contributed by atoms with Crippen LogP contribution in [0.4, 0.5) is 29.5 Å². The molecule has 12 rings (SSSR count). The second-order valence-corrected chi connectivity index (χ2v) is 21.0. The number of nitrogens with zero attached hydrogens (tertiary/aromatic N) is 10. The lowest BCUT2D eigenvalue weighted by atomic mass is 9.66. The van der Waals surface area contributed by atoms with E-state index in [9.17, 15) is 10.2 Å². The SMILES string of the molecule is CC1(C)[C@@H]2c3cc(-c4c(F)cccc4F)nnc3[C@@]1(c1ccnc(N3CCC(O)CC3)n1)CC2c1ccc(F)c(-c2cc3c(nn2)[C@@]2(c4ccnc(N5CCC[C@H]5CO)n4)CC[C@@H]3C2(C)C)c1F. The van der Waals surface area contributed by atoms with Gasteiger partial charge in [0.15, 0.2) is 0 Å². The topological polar surface area (TPSA) is 150 Å². The minimum atomic E-state index is -0.980. The molecule has 12 nitrogen and oxygen atoms in total. The second kappa shape index (κ2) is 15.2. The van der Waals surface area contributed by atoms with Crippen LogP contribution in [-0.4, -0.2) is 88.9 Å². The van der Waals surface area contributed by atoms with Crippen molar-refractivity contribution in [2.75, 3.05) is 36.0 Å². The van der Waals surface area contributed by atoms with Crippen LogP contribution in [0, 0.1) is 34.1 Å². The Morgan fingerprint density at radius 2 is 1.29 bits per heavy atom. The van der Waals surface area contributed by atoms with E-state index in [0.29, 0.717) is 61.2 Å². The Labute approximate surface area is 391 Å². The molecule has 0 amide bonds. The molecule has 6 heterocycles. The summed E-state index contributed by atoms with van der Waals surface area (Å²) in [5, 5.41) is 39.1. The van der Waals surface area contributed by atoms with Gasteiger partial charge in [-0.05, 0) is 133 Å². The molecule has 4 bridgehead atoms. The number of benzene rings is 2. The monoisotopic (exact) mass is 924 g/mol. The molecule has 4 aliphatic carbocycles. The molecular weight excluding hydrogens is 873 g/mol. The first kappa shape index (κ1) is 43.3. The normalized spacial score (nSPS) is 27.6. The maximum Gasteiger partial charge on any atom is 0.225 e. The van der Waals surface area contributed by atoms with E-state index < -0.39 is 57.5 Å². The summed E-state index contributed by atoms with van der Waals surface area (Å²) in [6.07, 6.45) is 7.96. The van der Waals surface area contributed by atoms with Crippen molar-refractivity contribution in [1.82, 2.24) is 40.3 Å². The zero-order chi connectivity index (χ0) is 47.1. The number of aromatic nitrogens is 8. The fraction of sp³-hybridized carbons (Fsp3) is 0.462. The molecule has 6 aromatic rings. The zero-order valence-electron chi connectivity index (χ0n) is 38.4. The van der Waals surface area contributed by atoms with Crippen molar-refractivity contribution in [1.29, 1.82) is 0 Å². The van der Waals surface area contributed by atoms with E-state index >= 15 is 17.6 Å². The van der Waals surface area contributed by atoms with Gasteiger partial charge in [-0.25, -0.2) is 37.5 Å². The number of anilines is 2. The maximum absolute atomic E-state index is 17.9. The van der Waals surface area contributed by atoms with Gasteiger partial charge in [-0.2, -0.15) is 10.2 Å². The zero-order valence-corrected chi connectivity index (χ0v) is 38.4. The highest BCUT2D eigenvalue weighted by Crippen LogP contribution is 2.74. The smallest absolute Gasteiger partial charge is 0.225 e. The lowest BCUT2D eigenvalue weighted by molar-refractivity contribution is 0.145. The van der Waals surface area contributed by atoms with Gasteiger partial charge in [0.05, 0.1) is 74.9 Å². The van der Waals surface area contributed by atoms with Crippen LogP contribution in [-0.2, 0) is 10.8 Å². The van der Waals surface area contributed by atoms with E-state index in [-0.39, 0.29) is 52.1 Å². The van der Waals surface area contributed by atoms with Gasteiger partial charge in [0.2, 0.25) is 11.9 Å². The van der Waals surface area contributed by atoms with E-state index in [0.717, 1.165) is 49.2 Å². The number of fused-ring (bicyclic) bond motifs is 10. The van der Waals surface area contributed by atoms with Crippen LogP contribution < -0.4 is 9.80 Å². The summed E-state index contributed by atoms with van der Waals surface area (Å²) in [6.45, 7) is 10.5. The van der Waals surface area contributed by atoms with Gasteiger partial charge >= 0.3 is 0 Å². The largest absolute Gasteiger partial charge is 0.394 e. The van der Waals surface area contributed by atoms with Crippen molar-refractivity contribution in [3.05, 3.63) is 130 Å². The number of piperidine rings is 1. The summed E-state index contributed by atoms with van der Waals surface area (Å²) in [5.74, 6) is -3.05. The Bertz CT molecular complexity index is 3020. The number of aliphatic hydroxyl groups excluding tert-OH is 2. The molecule has 2 aromatic carbocycles. The molecule has 2 saturated carbocycles. The van der Waals surface area contributed by atoms with Crippen LogP contribution in [0.5, 0.6) is 0 Å². The minimum Gasteiger partial charge on any atom is -0.394 e. The van der Waals surface area contributed by atoms with Gasteiger partial charge in [0, 0.05) is 32.0 Å². The highest BCUT2D eigenvalue weighted by molar-refractivity contribution is 5.68. The Balaban J connectivity index is 0.972. The van der Waals surface area contributed by atoms with Crippen LogP contribution in [0.3, 0.4) is 0 Å². The Morgan fingerprint density at radius 1 is 0.662 bits per heavy atom. The number of aliphatic hydroxyl groups is 2. The first-order chi connectivity index (χ1) is 32.7. The average Bonchev–Trinajstić information content (AvgIpc) is 4.07. The molecule has 68 heavy (non-hydrogen) atoms. The molecule has 2 saturated heterocycles. The van der Waals surface area contributed by atoms with Crippen LogP contribution in [0.1, 0.15) is 130 Å². The molecule has 4 fully saturated rings. The lowest BCUT2D eigenvalue weighted by Gasteiger charge is -2.38. The van der Waals surface area contributed by atoms with E-state index in [2.05, 4.69) is 52.8 Å². The van der Waals surface area contributed by atoms with Crippen molar-refractivity contribution in [3.63, 3.8) is 0 Å². The Morgan fingerprint density at radius 3 is 2.01 bits per heavy atom. The van der Waals surface area contributed by atoms with Crippen LogP contribution in [0.25, 0.3) is 22.5 Å². The fourth-order valence-electron chi connectivity index (χ4n) is 14.1. The molecule has 6 aliphatic rings. The predicted octanol–water partition coefficient (Wildman–Crippen LogP) is 8.46. The van der Waals surface area contributed by atoms with Gasteiger partial charge in [-0.15, -0.1) is 10.2 Å². The van der Waals surface area contributed by atoms with Crippen molar-refractivity contribution in [3.8, 4) is 22.5 Å². The molecule has 2 N–H and O–H groups in total. The summed E-state index contributed by atoms with van der Waals surface area (Å²) in [5.41, 5.74) is 1.48. The Kier molecular flexibility index (Phi) is 9.71. The molecular formula is C52H52F4N10O2. The second-order valence-electron chi connectivity index (χ2n) is 21.0. The third-order valence-corrected chi connectivity index (χ3v) is 17.5. The molecule has 4 aromatic heterocycles. The molecule has 6 atom stereocenters.